The third-order valence-corrected chi connectivity index (χ3v) is 4.61. The van der Waals surface area contributed by atoms with Crippen LogP contribution in [0.4, 0.5) is 11.6 Å². The number of piperazine rings is 1. The van der Waals surface area contributed by atoms with Crippen LogP contribution in [0.1, 0.15) is 18.3 Å². The minimum Gasteiger partial charge on any atom is -0.355 e. The Hall–Kier alpha value is -2.14. The van der Waals surface area contributed by atoms with Gasteiger partial charge in [0, 0.05) is 45.8 Å². The highest BCUT2D eigenvalue weighted by Gasteiger charge is 2.18. The van der Waals surface area contributed by atoms with E-state index >= 15 is 0 Å². The van der Waals surface area contributed by atoms with Gasteiger partial charge in [0.2, 0.25) is 0 Å². The van der Waals surface area contributed by atoms with Crippen molar-refractivity contribution >= 4 is 11.6 Å². The predicted octanol–water partition coefficient (Wildman–Crippen LogP) is 2.56. The van der Waals surface area contributed by atoms with E-state index in [2.05, 4.69) is 69.0 Å². The molecule has 0 saturated carbocycles. The molecule has 0 spiro atoms. The average Bonchev–Trinajstić information content (AvgIpc) is 2.62. The smallest absolute Gasteiger partial charge is 0.134 e. The molecular weight excluding hydrogens is 298 g/mol. The van der Waals surface area contributed by atoms with Gasteiger partial charge < -0.3 is 14.7 Å². The summed E-state index contributed by atoms with van der Waals surface area (Å²) in [5.74, 6) is 2.87. The van der Waals surface area contributed by atoms with Crippen molar-refractivity contribution in [2.75, 3.05) is 49.6 Å². The van der Waals surface area contributed by atoms with Crippen molar-refractivity contribution in [2.24, 2.45) is 0 Å². The molecule has 5 heteroatoms. The first-order valence-corrected chi connectivity index (χ1v) is 8.73. The van der Waals surface area contributed by atoms with Gasteiger partial charge in [-0.1, -0.05) is 37.3 Å². The van der Waals surface area contributed by atoms with Crippen LogP contribution in [0.15, 0.2) is 36.4 Å². The minimum atomic E-state index is 0.834. The summed E-state index contributed by atoms with van der Waals surface area (Å²) in [5, 5.41) is 0. The topological polar surface area (TPSA) is 35.5 Å². The van der Waals surface area contributed by atoms with Gasteiger partial charge in [0.15, 0.2) is 0 Å². The number of likely N-dealkylation sites (N-methyl/N-ethyl adjacent to an activating group) is 1. The van der Waals surface area contributed by atoms with Gasteiger partial charge >= 0.3 is 0 Å². The fourth-order valence-electron chi connectivity index (χ4n) is 3.13. The fraction of sp³-hybridized carbons (Fsp3) is 0.474. The molecule has 3 rings (SSSR count). The molecule has 24 heavy (non-hydrogen) atoms. The van der Waals surface area contributed by atoms with Crippen molar-refractivity contribution < 1.29 is 0 Å². The van der Waals surface area contributed by atoms with Crippen LogP contribution in [0.3, 0.4) is 0 Å². The van der Waals surface area contributed by atoms with E-state index in [1.54, 1.807) is 0 Å². The SMILES string of the molecule is CCN1CCN(c2cc(N(C)Cc3ccccc3)nc(C)n2)CC1. The Morgan fingerprint density at radius 1 is 1.04 bits per heavy atom. The monoisotopic (exact) mass is 325 g/mol. The second-order valence-electron chi connectivity index (χ2n) is 6.39. The summed E-state index contributed by atoms with van der Waals surface area (Å²) in [6.07, 6.45) is 0. The summed E-state index contributed by atoms with van der Waals surface area (Å²) >= 11 is 0. The summed E-state index contributed by atoms with van der Waals surface area (Å²) in [5.41, 5.74) is 1.29. The van der Waals surface area contributed by atoms with Crippen LogP contribution in [0, 0.1) is 6.92 Å². The predicted molar refractivity (Wildman–Crippen MR) is 99.6 cm³/mol. The molecule has 0 radical (unpaired) electrons. The fourth-order valence-corrected chi connectivity index (χ4v) is 3.13. The van der Waals surface area contributed by atoms with Crippen LogP contribution in [0.5, 0.6) is 0 Å². The second-order valence-corrected chi connectivity index (χ2v) is 6.39. The summed E-state index contributed by atoms with van der Waals surface area (Å²) in [4.78, 5) is 16.3. The molecule has 0 unspecified atom stereocenters. The van der Waals surface area contributed by atoms with Crippen molar-refractivity contribution in [3.8, 4) is 0 Å². The van der Waals surface area contributed by atoms with E-state index in [4.69, 9.17) is 0 Å². The van der Waals surface area contributed by atoms with Gasteiger partial charge in [-0.2, -0.15) is 0 Å². The van der Waals surface area contributed by atoms with Crippen molar-refractivity contribution in [1.29, 1.82) is 0 Å². The van der Waals surface area contributed by atoms with Gasteiger partial charge in [0.25, 0.3) is 0 Å². The number of hydrogen-bond acceptors (Lipinski definition) is 5. The Kier molecular flexibility index (Phi) is 5.30. The third-order valence-electron chi connectivity index (χ3n) is 4.61. The normalized spacial score (nSPS) is 15.5. The molecule has 1 aliphatic rings. The van der Waals surface area contributed by atoms with Gasteiger partial charge in [0.05, 0.1) is 0 Å². The van der Waals surface area contributed by atoms with Gasteiger partial charge in [-0.25, -0.2) is 9.97 Å². The molecule has 128 valence electrons. The Balaban J connectivity index is 1.74. The summed E-state index contributed by atoms with van der Waals surface area (Å²) in [6, 6.07) is 12.6. The van der Waals surface area contributed by atoms with Crippen molar-refractivity contribution in [3.63, 3.8) is 0 Å². The van der Waals surface area contributed by atoms with E-state index in [-0.39, 0.29) is 0 Å². The highest BCUT2D eigenvalue weighted by molar-refractivity contribution is 5.51. The molecule has 0 bridgehead atoms. The van der Waals surface area contributed by atoms with E-state index in [1.807, 2.05) is 13.0 Å². The van der Waals surface area contributed by atoms with E-state index in [0.717, 1.165) is 56.7 Å². The Morgan fingerprint density at radius 3 is 2.42 bits per heavy atom. The molecule has 5 nitrogen and oxygen atoms in total. The summed E-state index contributed by atoms with van der Waals surface area (Å²) in [7, 11) is 2.09. The Labute approximate surface area is 144 Å². The van der Waals surface area contributed by atoms with Gasteiger partial charge in [0.1, 0.15) is 17.5 Å². The lowest BCUT2D eigenvalue weighted by Gasteiger charge is -2.35. The van der Waals surface area contributed by atoms with E-state index in [9.17, 15) is 0 Å². The molecule has 0 atom stereocenters. The van der Waals surface area contributed by atoms with Crippen LogP contribution >= 0.6 is 0 Å². The highest BCUT2D eigenvalue weighted by atomic mass is 15.3. The van der Waals surface area contributed by atoms with Crippen LogP contribution in [-0.4, -0.2) is 54.6 Å². The first-order valence-electron chi connectivity index (χ1n) is 8.73. The lowest BCUT2D eigenvalue weighted by molar-refractivity contribution is 0.270. The Bertz CT molecular complexity index is 650. The summed E-state index contributed by atoms with van der Waals surface area (Å²) in [6.45, 7) is 10.5. The number of hydrogen-bond donors (Lipinski definition) is 0. The van der Waals surface area contributed by atoms with Crippen LogP contribution in [0.25, 0.3) is 0 Å². The average molecular weight is 325 g/mol. The first-order chi connectivity index (χ1) is 11.7. The summed E-state index contributed by atoms with van der Waals surface area (Å²) < 4.78 is 0. The van der Waals surface area contributed by atoms with Gasteiger partial charge in [-0.3, -0.25) is 0 Å². The van der Waals surface area contributed by atoms with Crippen LogP contribution < -0.4 is 9.80 Å². The lowest BCUT2D eigenvalue weighted by atomic mass is 10.2. The van der Waals surface area contributed by atoms with Crippen molar-refractivity contribution in [3.05, 3.63) is 47.8 Å². The standard InChI is InChI=1S/C19H27N5/c1-4-23-10-12-24(13-11-23)19-14-18(20-16(2)21-19)22(3)15-17-8-6-5-7-9-17/h5-9,14H,4,10-13,15H2,1-3H3. The number of benzene rings is 1. The molecule has 1 aromatic heterocycles. The van der Waals surface area contributed by atoms with Crippen LogP contribution in [-0.2, 0) is 6.54 Å². The van der Waals surface area contributed by atoms with Crippen LogP contribution in [0.2, 0.25) is 0 Å². The van der Waals surface area contributed by atoms with Crippen molar-refractivity contribution in [1.82, 2.24) is 14.9 Å². The van der Waals surface area contributed by atoms with Crippen molar-refractivity contribution in [2.45, 2.75) is 20.4 Å². The number of nitrogens with zero attached hydrogens (tertiary/aromatic N) is 5. The maximum Gasteiger partial charge on any atom is 0.134 e. The number of rotatable bonds is 5. The molecule has 1 aliphatic heterocycles. The lowest BCUT2D eigenvalue weighted by Crippen LogP contribution is -2.46. The molecule has 0 aliphatic carbocycles. The van der Waals surface area contributed by atoms with E-state index in [1.165, 1.54) is 5.56 Å². The molecule has 2 aromatic rings. The first kappa shape index (κ1) is 16.7. The zero-order chi connectivity index (χ0) is 16.9. The number of aryl methyl sites for hydroxylation is 1. The van der Waals surface area contributed by atoms with E-state index in [0.29, 0.717) is 0 Å². The third kappa shape index (κ3) is 4.03. The highest BCUT2D eigenvalue weighted by Crippen LogP contribution is 2.21. The molecule has 1 saturated heterocycles. The molecule has 0 N–H and O–H groups in total. The molecule has 0 amide bonds. The zero-order valence-electron chi connectivity index (χ0n) is 14.9. The largest absolute Gasteiger partial charge is 0.355 e. The van der Waals surface area contributed by atoms with Gasteiger partial charge in [-0.15, -0.1) is 0 Å². The minimum absolute atomic E-state index is 0.834. The number of aromatic nitrogens is 2. The van der Waals surface area contributed by atoms with E-state index < -0.39 is 0 Å². The number of anilines is 2. The zero-order valence-corrected chi connectivity index (χ0v) is 14.9. The maximum absolute atomic E-state index is 4.67. The molecule has 1 fully saturated rings. The molecular formula is C19H27N5. The molecule has 1 aromatic carbocycles. The van der Waals surface area contributed by atoms with Gasteiger partial charge in [-0.05, 0) is 19.0 Å². The quantitative estimate of drug-likeness (QED) is 0.844. The molecule has 2 heterocycles. The maximum atomic E-state index is 4.67. The Morgan fingerprint density at radius 2 is 1.75 bits per heavy atom. The second kappa shape index (κ2) is 7.62.